The van der Waals surface area contributed by atoms with E-state index in [-0.39, 0.29) is 22.4 Å². The molecule has 0 aliphatic heterocycles. The fourth-order valence-electron chi connectivity index (χ4n) is 0.884. The predicted octanol–water partition coefficient (Wildman–Crippen LogP) is 1.60. The van der Waals surface area contributed by atoms with Gasteiger partial charge >= 0.3 is 0 Å². The number of hydrogen-bond acceptors (Lipinski definition) is 4. The molecule has 90 valence electrons. The highest BCUT2D eigenvalue weighted by Gasteiger charge is 2.18. The molecule has 7 heteroatoms. The van der Waals surface area contributed by atoms with Crippen LogP contribution in [0, 0.1) is 5.92 Å². The van der Waals surface area contributed by atoms with E-state index in [1.165, 1.54) is 18.5 Å². The first-order valence-electron chi connectivity index (χ1n) is 4.66. The zero-order valence-corrected chi connectivity index (χ0v) is 10.5. The molecule has 0 amide bonds. The van der Waals surface area contributed by atoms with Crippen molar-refractivity contribution < 1.29 is 13.3 Å². The zero-order valence-electron chi connectivity index (χ0n) is 8.97. The number of sulfonamides is 1. The van der Waals surface area contributed by atoms with Crippen molar-refractivity contribution >= 4 is 21.6 Å². The monoisotopic (exact) mass is 264 g/mol. The zero-order chi connectivity index (χ0) is 12.2. The summed E-state index contributed by atoms with van der Waals surface area (Å²) in [7, 11) is -3.75. The molecule has 1 aromatic heterocycles. The summed E-state index contributed by atoms with van der Waals surface area (Å²) >= 11 is 5.74. The van der Waals surface area contributed by atoms with Crippen LogP contribution in [0.4, 0.5) is 0 Å². The number of nitrogens with zero attached hydrogens (tertiary/aromatic N) is 1. The summed E-state index contributed by atoms with van der Waals surface area (Å²) in [5.41, 5.74) is 0. The van der Waals surface area contributed by atoms with Crippen molar-refractivity contribution in [2.75, 3.05) is 6.61 Å². The van der Waals surface area contributed by atoms with Crippen molar-refractivity contribution in [1.82, 2.24) is 9.87 Å². The van der Waals surface area contributed by atoms with Gasteiger partial charge in [-0.3, -0.25) is 9.82 Å². The maximum atomic E-state index is 11.7. The number of rotatable bonds is 5. The van der Waals surface area contributed by atoms with Gasteiger partial charge in [0.15, 0.2) is 0 Å². The fourth-order valence-corrected chi connectivity index (χ4v) is 2.13. The smallest absolute Gasteiger partial charge is 0.265 e. The lowest BCUT2D eigenvalue weighted by Crippen LogP contribution is -2.26. The quantitative estimate of drug-likeness (QED) is 0.821. The van der Waals surface area contributed by atoms with Gasteiger partial charge in [0.2, 0.25) is 0 Å². The molecule has 0 aromatic carbocycles. The van der Waals surface area contributed by atoms with E-state index < -0.39 is 10.0 Å². The van der Waals surface area contributed by atoms with Crippen LogP contribution in [-0.2, 0) is 14.9 Å². The minimum absolute atomic E-state index is 0.0968. The summed E-state index contributed by atoms with van der Waals surface area (Å²) in [6, 6.07) is 1.40. The van der Waals surface area contributed by atoms with Crippen LogP contribution >= 0.6 is 11.6 Å². The van der Waals surface area contributed by atoms with Gasteiger partial charge in [0.05, 0.1) is 11.6 Å². The molecule has 0 fully saturated rings. The van der Waals surface area contributed by atoms with Gasteiger partial charge in [-0.05, 0) is 12.0 Å². The topological polar surface area (TPSA) is 68.3 Å². The molecular weight excluding hydrogens is 252 g/mol. The minimum Gasteiger partial charge on any atom is -0.287 e. The molecule has 0 bridgehead atoms. The highest BCUT2D eigenvalue weighted by Crippen LogP contribution is 2.18. The van der Waals surface area contributed by atoms with Crippen LogP contribution in [0.25, 0.3) is 0 Å². The third-order valence-corrected chi connectivity index (χ3v) is 3.29. The molecule has 1 heterocycles. The summed E-state index contributed by atoms with van der Waals surface area (Å²) < 4.78 is 23.3. The van der Waals surface area contributed by atoms with Crippen LogP contribution in [0.5, 0.6) is 0 Å². The molecule has 0 radical (unpaired) electrons. The Kier molecular flexibility index (Phi) is 4.67. The molecule has 16 heavy (non-hydrogen) atoms. The molecule has 0 aliphatic carbocycles. The van der Waals surface area contributed by atoms with Crippen LogP contribution in [0.1, 0.15) is 13.8 Å². The second-order valence-electron chi connectivity index (χ2n) is 3.60. The van der Waals surface area contributed by atoms with E-state index in [2.05, 4.69) is 4.98 Å². The molecule has 0 unspecified atom stereocenters. The number of hydrogen-bond donors (Lipinski definition) is 1. The molecule has 0 saturated carbocycles. The summed E-state index contributed by atoms with van der Waals surface area (Å²) in [6.07, 6.45) is 2.58. The Bertz CT molecular complexity index is 448. The molecule has 1 N–H and O–H groups in total. The molecule has 0 aliphatic rings. The van der Waals surface area contributed by atoms with Crippen molar-refractivity contribution in [3.63, 3.8) is 0 Å². The van der Waals surface area contributed by atoms with Gasteiger partial charge in [0, 0.05) is 12.4 Å². The highest BCUT2D eigenvalue weighted by atomic mass is 35.5. The molecular formula is C9H13ClN2O3S. The molecule has 5 nitrogen and oxygen atoms in total. The van der Waals surface area contributed by atoms with Gasteiger partial charge in [0.25, 0.3) is 10.0 Å². The molecule has 0 atom stereocenters. The summed E-state index contributed by atoms with van der Waals surface area (Å²) in [6.45, 7) is 4.10. The van der Waals surface area contributed by atoms with Crippen LogP contribution in [0.3, 0.4) is 0 Å². The Balaban J connectivity index is 2.75. The number of pyridine rings is 1. The van der Waals surface area contributed by atoms with Crippen LogP contribution in [-0.4, -0.2) is 20.0 Å². The normalized spacial score (nSPS) is 12.0. The van der Waals surface area contributed by atoms with E-state index in [4.69, 9.17) is 16.4 Å². The second-order valence-corrected chi connectivity index (χ2v) is 5.62. The number of halogens is 1. The first-order chi connectivity index (χ1) is 7.43. The predicted molar refractivity (Wildman–Crippen MR) is 60.4 cm³/mol. The van der Waals surface area contributed by atoms with Gasteiger partial charge in [0.1, 0.15) is 4.90 Å². The third kappa shape index (κ3) is 3.71. The SMILES string of the molecule is CC(C)CONS(=O)(=O)c1cnccc1Cl. The summed E-state index contributed by atoms with van der Waals surface area (Å²) in [5.74, 6) is 0.229. The standard InChI is InChI=1S/C9H13ClN2O3S/c1-7(2)6-15-12-16(13,14)9-5-11-4-3-8(9)10/h3-5,7,12H,6H2,1-2H3. The lowest BCUT2D eigenvalue weighted by Gasteiger charge is -2.09. The summed E-state index contributed by atoms with van der Waals surface area (Å²) in [4.78, 5) is 10.4. The van der Waals surface area contributed by atoms with Gasteiger partial charge < -0.3 is 0 Å². The Morgan fingerprint density at radius 2 is 2.25 bits per heavy atom. The molecule has 1 rings (SSSR count). The van der Waals surface area contributed by atoms with Gasteiger partial charge in [-0.1, -0.05) is 30.3 Å². The summed E-state index contributed by atoms with van der Waals surface area (Å²) in [5, 5.41) is 0.107. The molecule has 0 spiro atoms. The average Bonchev–Trinajstić information content (AvgIpc) is 2.17. The van der Waals surface area contributed by atoms with Crippen molar-refractivity contribution in [3.05, 3.63) is 23.5 Å². The maximum Gasteiger partial charge on any atom is 0.265 e. The van der Waals surface area contributed by atoms with E-state index in [1.807, 2.05) is 18.7 Å². The molecule has 0 saturated heterocycles. The van der Waals surface area contributed by atoms with E-state index in [0.29, 0.717) is 0 Å². The maximum absolute atomic E-state index is 11.7. The Morgan fingerprint density at radius 1 is 1.56 bits per heavy atom. The van der Waals surface area contributed by atoms with Crippen molar-refractivity contribution in [2.24, 2.45) is 5.92 Å². The largest absolute Gasteiger partial charge is 0.287 e. The van der Waals surface area contributed by atoms with Crippen molar-refractivity contribution in [3.8, 4) is 0 Å². The van der Waals surface area contributed by atoms with Crippen LogP contribution < -0.4 is 4.89 Å². The molecule has 1 aromatic rings. The van der Waals surface area contributed by atoms with E-state index in [0.717, 1.165) is 0 Å². The first kappa shape index (κ1) is 13.4. The Morgan fingerprint density at radius 3 is 2.81 bits per heavy atom. The number of aromatic nitrogens is 1. The minimum atomic E-state index is -3.75. The van der Waals surface area contributed by atoms with E-state index in [1.54, 1.807) is 0 Å². The van der Waals surface area contributed by atoms with E-state index >= 15 is 0 Å². The van der Waals surface area contributed by atoms with Crippen LogP contribution in [0.2, 0.25) is 5.02 Å². The fraction of sp³-hybridized carbons (Fsp3) is 0.444. The van der Waals surface area contributed by atoms with E-state index in [9.17, 15) is 8.42 Å². The lowest BCUT2D eigenvalue weighted by atomic mass is 10.2. The Hall–Kier alpha value is -0.690. The average molecular weight is 265 g/mol. The Labute approximate surface area is 99.8 Å². The van der Waals surface area contributed by atoms with Crippen LogP contribution in [0.15, 0.2) is 23.4 Å². The first-order valence-corrected chi connectivity index (χ1v) is 6.52. The van der Waals surface area contributed by atoms with Gasteiger partial charge in [-0.2, -0.15) is 0 Å². The van der Waals surface area contributed by atoms with Crippen molar-refractivity contribution in [2.45, 2.75) is 18.7 Å². The second kappa shape index (κ2) is 5.58. The van der Waals surface area contributed by atoms with Crippen molar-refractivity contribution in [1.29, 1.82) is 0 Å². The third-order valence-electron chi connectivity index (χ3n) is 1.61. The van der Waals surface area contributed by atoms with Gasteiger partial charge in [-0.15, -0.1) is 0 Å². The van der Waals surface area contributed by atoms with Gasteiger partial charge in [-0.25, -0.2) is 8.42 Å². The highest BCUT2D eigenvalue weighted by molar-refractivity contribution is 7.89. The number of nitrogens with one attached hydrogen (secondary N) is 1. The lowest BCUT2D eigenvalue weighted by molar-refractivity contribution is 0.0718.